The number of amides is 1. The topological polar surface area (TPSA) is 189 Å². The lowest BCUT2D eigenvalue weighted by Crippen LogP contribution is -2.60. The summed E-state index contributed by atoms with van der Waals surface area (Å²) >= 11 is 0. The molecular weight excluding hydrogens is 618 g/mol. The molecule has 11 heteroatoms. The first-order valence-electron chi connectivity index (χ1n) is 18.4. The Kier molecular flexibility index (Phi) is 25.9. The molecule has 11 nitrogen and oxygen atoms in total. The van der Waals surface area contributed by atoms with Crippen LogP contribution < -0.4 is 5.32 Å². The molecule has 0 radical (unpaired) electrons. The zero-order valence-corrected chi connectivity index (χ0v) is 29.5. The van der Waals surface area contributed by atoms with Gasteiger partial charge in [0.25, 0.3) is 0 Å². The molecule has 0 spiro atoms. The van der Waals surface area contributed by atoms with Gasteiger partial charge in [0, 0.05) is 6.42 Å². The Morgan fingerprint density at radius 2 is 1.31 bits per heavy atom. The van der Waals surface area contributed by atoms with Crippen molar-refractivity contribution in [3.05, 3.63) is 36.5 Å². The number of carbonyl (C=O) groups excluding carboxylic acids is 1. The van der Waals surface area contributed by atoms with Gasteiger partial charge in [0.1, 0.15) is 36.6 Å². The Hall–Kier alpha value is -1.67. The van der Waals surface area contributed by atoms with Crippen molar-refractivity contribution in [2.24, 2.45) is 0 Å². The van der Waals surface area contributed by atoms with Crippen LogP contribution in [0.1, 0.15) is 123 Å². The Morgan fingerprint density at radius 3 is 1.96 bits per heavy atom. The van der Waals surface area contributed by atoms with Gasteiger partial charge in [-0.15, -0.1) is 0 Å². The van der Waals surface area contributed by atoms with Crippen molar-refractivity contribution in [2.75, 3.05) is 13.2 Å². The smallest absolute Gasteiger partial charge is 0.249 e. The van der Waals surface area contributed by atoms with Gasteiger partial charge in [0.05, 0.1) is 25.4 Å². The second-order valence-electron chi connectivity index (χ2n) is 12.9. The van der Waals surface area contributed by atoms with Crippen molar-refractivity contribution >= 4 is 5.91 Å². The van der Waals surface area contributed by atoms with Crippen LogP contribution in [0.3, 0.4) is 0 Å². The molecule has 8 N–H and O–H groups in total. The van der Waals surface area contributed by atoms with Gasteiger partial charge < -0.3 is 50.5 Å². The first-order valence-corrected chi connectivity index (χ1v) is 18.4. The van der Waals surface area contributed by atoms with E-state index in [1.165, 1.54) is 57.8 Å². The fourth-order valence-corrected chi connectivity index (χ4v) is 5.48. The second-order valence-corrected chi connectivity index (χ2v) is 12.9. The summed E-state index contributed by atoms with van der Waals surface area (Å²) in [4.78, 5) is 12.9. The van der Waals surface area contributed by atoms with Crippen LogP contribution in [0.4, 0.5) is 0 Å². The summed E-state index contributed by atoms with van der Waals surface area (Å²) in [5.41, 5.74) is 0. The minimum atomic E-state index is -1.68. The molecule has 0 saturated carbocycles. The van der Waals surface area contributed by atoms with Gasteiger partial charge >= 0.3 is 0 Å². The molecule has 48 heavy (non-hydrogen) atoms. The number of ether oxygens (including phenoxy) is 2. The number of nitrogens with one attached hydrogen (secondary N) is 1. The average molecular weight is 686 g/mol. The van der Waals surface area contributed by atoms with Crippen LogP contribution >= 0.6 is 0 Å². The number of hydrogen-bond acceptors (Lipinski definition) is 10. The quantitative estimate of drug-likeness (QED) is 0.0445. The SMILES string of the molecule is CCCCCC/C=C/CCCC(O)C(O)C(COC1OC(CO)C(O)C(O)C1O)NC(=O)C(O)C/C=C\C/C=C\CCCCCCCC. The van der Waals surface area contributed by atoms with Crippen LogP contribution in [-0.2, 0) is 14.3 Å². The summed E-state index contributed by atoms with van der Waals surface area (Å²) in [6.45, 7) is 3.27. The molecule has 0 aromatic heterocycles. The lowest BCUT2D eigenvalue weighted by atomic mass is 9.99. The molecule has 1 amide bonds. The number of allylic oxidation sites excluding steroid dienone is 5. The molecule has 0 bridgehead atoms. The third-order valence-electron chi connectivity index (χ3n) is 8.68. The third kappa shape index (κ3) is 18.9. The van der Waals surface area contributed by atoms with Crippen molar-refractivity contribution in [2.45, 2.75) is 178 Å². The number of aliphatic hydroxyl groups excluding tert-OH is 7. The fourth-order valence-electron chi connectivity index (χ4n) is 5.48. The molecule has 1 aliphatic rings. The molecule has 0 aromatic rings. The highest BCUT2D eigenvalue weighted by atomic mass is 16.7. The van der Waals surface area contributed by atoms with E-state index in [2.05, 4.69) is 43.5 Å². The summed E-state index contributed by atoms with van der Waals surface area (Å²) in [5.74, 6) is -0.780. The highest BCUT2D eigenvalue weighted by Gasteiger charge is 2.44. The highest BCUT2D eigenvalue weighted by molar-refractivity contribution is 5.81. The van der Waals surface area contributed by atoms with Crippen LogP contribution in [0.2, 0.25) is 0 Å². The molecule has 1 rings (SSSR count). The van der Waals surface area contributed by atoms with Crippen LogP contribution in [-0.4, -0.2) is 110 Å². The average Bonchev–Trinajstić information content (AvgIpc) is 3.08. The first kappa shape index (κ1) is 44.4. The molecule has 1 saturated heterocycles. The van der Waals surface area contributed by atoms with Gasteiger partial charge in [0.15, 0.2) is 6.29 Å². The lowest BCUT2D eigenvalue weighted by molar-refractivity contribution is -0.303. The van der Waals surface area contributed by atoms with Crippen molar-refractivity contribution in [1.82, 2.24) is 5.32 Å². The Morgan fingerprint density at radius 1 is 0.750 bits per heavy atom. The standard InChI is InChI=1S/C37H67NO10/c1-3-5-7-9-11-13-14-15-17-19-21-23-25-30(41)36(46)38-28(27-47-37-35(45)34(44)33(43)31(26-39)48-37)32(42)29(40)24-22-20-18-16-12-10-8-6-4-2/h15-18,21,23,28-35,37,39-45H,3-14,19-20,22,24-27H2,1-2H3,(H,38,46)/b17-15-,18-16+,23-21-. The van der Waals surface area contributed by atoms with Crippen molar-refractivity contribution in [3.63, 3.8) is 0 Å². The number of unbranched alkanes of at least 4 members (excludes halogenated alkanes) is 11. The van der Waals surface area contributed by atoms with E-state index in [0.717, 1.165) is 25.7 Å². The van der Waals surface area contributed by atoms with Gasteiger partial charge in [-0.3, -0.25) is 4.79 Å². The van der Waals surface area contributed by atoms with Crippen molar-refractivity contribution < 1.29 is 50.0 Å². The summed E-state index contributed by atoms with van der Waals surface area (Å²) in [6, 6.07) is -1.21. The maximum atomic E-state index is 12.9. The maximum Gasteiger partial charge on any atom is 0.249 e. The molecule has 0 aromatic carbocycles. The summed E-state index contributed by atoms with van der Waals surface area (Å²) in [6.07, 6.45) is 16.8. The molecule has 0 aliphatic carbocycles. The molecule has 9 unspecified atom stereocenters. The van der Waals surface area contributed by atoms with Crippen LogP contribution in [0.5, 0.6) is 0 Å². The van der Waals surface area contributed by atoms with E-state index >= 15 is 0 Å². The molecule has 1 fully saturated rings. The zero-order valence-electron chi connectivity index (χ0n) is 29.5. The van der Waals surface area contributed by atoms with Crippen LogP contribution in [0.15, 0.2) is 36.5 Å². The molecule has 280 valence electrons. The van der Waals surface area contributed by atoms with Crippen molar-refractivity contribution in [3.8, 4) is 0 Å². The van der Waals surface area contributed by atoms with E-state index in [1.54, 1.807) is 6.08 Å². The Balaban J connectivity index is 2.68. The number of carbonyl (C=O) groups is 1. The fraction of sp³-hybridized carbons (Fsp3) is 0.811. The number of rotatable bonds is 28. The summed E-state index contributed by atoms with van der Waals surface area (Å²) in [7, 11) is 0. The zero-order chi connectivity index (χ0) is 35.6. The Labute approximate surface area is 288 Å². The largest absolute Gasteiger partial charge is 0.394 e. The van der Waals surface area contributed by atoms with Crippen LogP contribution in [0, 0.1) is 0 Å². The minimum absolute atomic E-state index is 0.0425. The van der Waals surface area contributed by atoms with Crippen molar-refractivity contribution in [1.29, 1.82) is 0 Å². The predicted molar refractivity (Wildman–Crippen MR) is 187 cm³/mol. The van der Waals surface area contributed by atoms with E-state index in [9.17, 15) is 40.5 Å². The highest BCUT2D eigenvalue weighted by Crippen LogP contribution is 2.23. The van der Waals surface area contributed by atoms with Gasteiger partial charge in [-0.25, -0.2) is 0 Å². The normalized spacial score (nSPS) is 24.4. The van der Waals surface area contributed by atoms with Gasteiger partial charge in [-0.2, -0.15) is 0 Å². The van der Waals surface area contributed by atoms with Gasteiger partial charge in [-0.05, 0) is 51.4 Å². The van der Waals surface area contributed by atoms with E-state index in [-0.39, 0.29) is 12.8 Å². The van der Waals surface area contributed by atoms with Gasteiger partial charge in [-0.1, -0.05) is 102 Å². The van der Waals surface area contributed by atoms with Crippen LogP contribution in [0.25, 0.3) is 0 Å². The molecular formula is C37H67NO10. The number of aliphatic hydroxyl groups is 7. The molecule has 9 atom stereocenters. The lowest BCUT2D eigenvalue weighted by Gasteiger charge is -2.40. The first-order chi connectivity index (χ1) is 23.2. The third-order valence-corrected chi connectivity index (χ3v) is 8.68. The summed E-state index contributed by atoms with van der Waals surface area (Å²) < 4.78 is 11.0. The molecule has 1 aliphatic heterocycles. The summed E-state index contributed by atoms with van der Waals surface area (Å²) in [5, 5.41) is 74.8. The van der Waals surface area contributed by atoms with E-state index in [0.29, 0.717) is 12.8 Å². The van der Waals surface area contributed by atoms with E-state index < -0.39 is 74.2 Å². The monoisotopic (exact) mass is 685 g/mol. The van der Waals surface area contributed by atoms with E-state index in [1.807, 2.05) is 6.08 Å². The second kappa shape index (κ2) is 28.1. The van der Waals surface area contributed by atoms with E-state index in [4.69, 9.17) is 9.47 Å². The maximum absolute atomic E-state index is 12.9. The minimum Gasteiger partial charge on any atom is -0.394 e. The Bertz CT molecular complexity index is 882. The number of hydrogen-bond donors (Lipinski definition) is 8. The predicted octanol–water partition coefficient (Wildman–Crippen LogP) is 3.71. The molecule has 1 heterocycles. The van der Waals surface area contributed by atoms with Gasteiger partial charge in [0.2, 0.25) is 5.91 Å².